The first kappa shape index (κ1) is 23.7. The van der Waals surface area contributed by atoms with Crippen LogP contribution in [0.5, 0.6) is 0 Å². The minimum atomic E-state index is -5.08. The largest absolute Gasteiger partial charge is 0.490 e. The lowest BCUT2D eigenvalue weighted by atomic mass is 9.92. The van der Waals surface area contributed by atoms with Crippen LogP contribution < -0.4 is 0 Å². The number of aromatic nitrogens is 4. The number of aryl methyl sites for hydroxylation is 3. The van der Waals surface area contributed by atoms with E-state index < -0.39 is 12.1 Å². The molecule has 10 nitrogen and oxygen atoms in total. The van der Waals surface area contributed by atoms with E-state index in [1.54, 1.807) is 11.6 Å². The van der Waals surface area contributed by atoms with E-state index in [0.29, 0.717) is 43.0 Å². The van der Waals surface area contributed by atoms with Crippen LogP contribution in [0.1, 0.15) is 53.8 Å². The lowest BCUT2D eigenvalue weighted by Crippen LogP contribution is -2.45. The first-order valence-corrected chi connectivity index (χ1v) is 10.1. The van der Waals surface area contributed by atoms with Crippen LogP contribution in [0.3, 0.4) is 0 Å². The van der Waals surface area contributed by atoms with Crippen LogP contribution in [0, 0.1) is 19.8 Å². The van der Waals surface area contributed by atoms with E-state index >= 15 is 0 Å². The molecular formula is C19H24F3N5O5. The van der Waals surface area contributed by atoms with Gasteiger partial charge in [0.2, 0.25) is 0 Å². The maximum atomic E-state index is 12.9. The molecule has 4 heterocycles. The van der Waals surface area contributed by atoms with Crippen molar-refractivity contribution < 1.29 is 37.1 Å². The molecule has 2 fully saturated rings. The summed E-state index contributed by atoms with van der Waals surface area (Å²) in [4.78, 5) is 28.0. The summed E-state index contributed by atoms with van der Waals surface area (Å²) in [5.74, 6) is -1.24. The van der Waals surface area contributed by atoms with Gasteiger partial charge in [0.15, 0.2) is 5.82 Å². The lowest BCUT2D eigenvalue weighted by molar-refractivity contribution is -0.192. The standard InChI is InChI=1S/C17H23N5O3.C2HF3O2/c1-4-22-13(7-10(2)19-22)17(23)21-6-5-14-12(9-21)8-15(24-14)16-18-11(3)20-25-16;3-2(4,5)1(6)7/h7,12,14-15H,4-6,8-9H2,1-3H3;(H,6,7)/t12-,14+,15+;/m0./s1. The third kappa shape index (κ3) is 5.26. The average molecular weight is 459 g/mol. The number of carboxylic acids is 1. The van der Waals surface area contributed by atoms with Gasteiger partial charge in [-0.25, -0.2) is 4.79 Å². The molecule has 0 unspecified atom stereocenters. The van der Waals surface area contributed by atoms with Gasteiger partial charge in [-0.05, 0) is 39.7 Å². The van der Waals surface area contributed by atoms with Crippen LogP contribution in [0.15, 0.2) is 10.6 Å². The number of piperidine rings is 1. The normalized spacial score (nSPS) is 22.8. The topological polar surface area (TPSA) is 124 Å². The second kappa shape index (κ2) is 9.27. The number of nitrogens with zero attached hydrogens (tertiary/aromatic N) is 5. The number of carboxylic acid groups (broad SMARTS) is 1. The van der Waals surface area contributed by atoms with E-state index in [1.807, 2.05) is 24.8 Å². The van der Waals surface area contributed by atoms with E-state index in [9.17, 15) is 18.0 Å². The molecule has 1 N–H and O–H groups in total. The monoisotopic (exact) mass is 459 g/mol. The molecule has 32 heavy (non-hydrogen) atoms. The van der Waals surface area contributed by atoms with Crippen molar-refractivity contribution in [2.24, 2.45) is 5.92 Å². The van der Waals surface area contributed by atoms with Crippen molar-refractivity contribution in [1.82, 2.24) is 24.8 Å². The predicted molar refractivity (Wildman–Crippen MR) is 102 cm³/mol. The number of hydrogen-bond acceptors (Lipinski definition) is 7. The highest BCUT2D eigenvalue weighted by molar-refractivity contribution is 5.92. The Labute approximate surface area is 181 Å². The summed E-state index contributed by atoms with van der Waals surface area (Å²) < 4.78 is 44.9. The highest BCUT2D eigenvalue weighted by atomic mass is 19.4. The van der Waals surface area contributed by atoms with Crippen molar-refractivity contribution in [2.45, 2.75) is 58.5 Å². The quantitative estimate of drug-likeness (QED) is 0.743. The summed E-state index contributed by atoms with van der Waals surface area (Å²) in [6, 6.07) is 1.87. The number of hydrogen-bond donors (Lipinski definition) is 1. The SMILES string of the molecule is CCn1nc(C)cc1C(=O)N1CC[C@H]2O[C@@H](c3nc(C)no3)C[C@H]2C1.O=C(O)C(F)(F)F. The number of carbonyl (C=O) groups is 2. The van der Waals surface area contributed by atoms with Crippen LogP contribution in [0.2, 0.25) is 0 Å². The summed E-state index contributed by atoms with van der Waals surface area (Å²) >= 11 is 0. The van der Waals surface area contributed by atoms with Gasteiger partial charge in [-0.2, -0.15) is 23.3 Å². The van der Waals surface area contributed by atoms with Crippen molar-refractivity contribution in [2.75, 3.05) is 13.1 Å². The number of amides is 1. The van der Waals surface area contributed by atoms with Gasteiger partial charge in [-0.1, -0.05) is 5.16 Å². The van der Waals surface area contributed by atoms with E-state index in [2.05, 4.69) is 15.2 Å². The lowest BCUT2D eigenvalue weighted by Gasteiger charge is -2.34. The van der Waals surface area contributed by atoms with Crippen molar-refractivity contribution in [3.05, 3.63) is 29.2 Å². The molecular weight excluding hydrogens is 435 g/mol. The second-order valence-corrected chi connectivity index (χ2v) is 7.67. The molecule has 3 atom stereocenters. The number of alkyl halides is 3. The minimum Gasteiger partial charge on any atom is -0.475 e. The van der Waals surface area contributed by atoms with Gasteiger partial charge >= 0.3 is 12.1 Å². The van der Waals surface area contributed by atoms with Crippen LogP contribution in [-0.4, -0.2) is 67.2 Å². The first-order valence-electron chi connectivity index (χ1n) is 10.1. The van der Waals surface area contributed by atoms with E-state index in [-0.39, 0.29) is 18.1 Å². The number of ether oxygens (including phenoxy) is 1. The van der Waals surface area contributed by atoms with Gasteiger partial charge in [0, 0.05) is 25.6 Å². The smallest absolute Gasteiger partial charge is 0.475 e. The number of halogens is 3. The Morgan fingerprint density at radius 1 is 1.31 bits per heavy atom. The molecule has 2 aliphatic rings. The van der Waals surface area contributed by atoms with E-state index in [4.69, 9.17) is 19.2 Å². The molecule has 0 aliphatic carbocycles. The third-order valence-electron chi connectivity index (χ3n) is 5.29. The first-order chi connectivity index (χ1) is 15.0. The van der Waals surface area contributed by atoms with Crippen LogP contribution in [-0.2, 0) is 16.1 Å². The van der Waals surface area contributed by atoms with Gasteiger partial charge in [-0.3, -0.25) is 9.48 Å². The molecule has 0 saturated carbocycles. The molecule has 0 radical (unpaired) electrons. The molecule has 2 aromatic heterocycles. The number of likely N-dealkylation sites (tertiary alicyclic amines) is 1. The van der Waals surface area contributed by atoms with Gasteiger partial charge in [0.25, 0.3) is 11.8 Å². The Balaban J connectivity index is 0.000000360. The molecule has 0 spiro atoms. The van der Waals surface area contributed by atoms with E-state index in [1.165, 1.54) is 0 Å². The zero-order valence-electron chi connectivity index (χ0n) is 17.8. The Bertz CT molecular complexity index is 973. The Hall–Kier alpha value is -2.96. The maximum absolute atomic E-state index is 12.9. The molecule has 2 aromatic rings. The summed E-state index contributed by atoms with van der Waals surface area (Å²) in [7, 11) is 0. The van der Waals surface area contributed by atoms with Crippen molar-refractivity contribution >= 4 is 11.9 Å². The number of rotatable bonds is 3. The fraction of sp³-hybridized carbons (Fsp3) is 0.632. The summed E-state index contributed by atoms with van der Waals surface area (Å²) in [6.07, 6.45) is -3.45. The van der Waals surface area contributed by atoms with Crippen molar-refractivity contribution in [1.29, 1.82) is 0 Å². The molecule has 2 aliphatic heterocycles. The Morgan fingerprint density at radius 2 is 2.00 bits per heavy atom. The summed E-state index contributed by atoms with van der Waals surface area (Å²) in [5.41, 5.74) is 1.54. The highest BCUT2D eigenvalue weighted by Crippen LogP contribution is 2.40. The zero-order chi connectivity index (χ0) is 23.6. The molecule has 4 rings (SSSR count). The zero-order valence-corrected chi connectivity index (χ0v) is 17.8. The number of carbonyl (C=O) groups excluding carboxylic acids is 1. The number of aliphatic carboxylic acids is 1. The Morgan fingerprint density at radius 3 is 2.56 bits per heavy atom. The predicted octanol–water partition coefficient (Wildman–Crippen LogP) is 2.53. The molecule has 13 heteroatoms. The summed E-state index contributed by atoms with van der Waals surface area (Å²) in [5, 5.41) is 15.3. The van der Waals surface area contributed by atoms with Crippen LogP contribution in [0.4, 0.5) is 13.2 Å². The van der Waals surface area contributed by atoms with Gasteiger partial charge in [0.1, 0.15) is 11.8 Å². The molecule has 1 amide bonds. The average Bonchev–Trinajstić information content (AvgIpc) is 3.43. The third-order valence-corrected chi connectivity index (χ3v) is 5.29. The summed E-state index contributed by atoms with van der Waals surface area (Å²) in [6.45, 7) is 7.80. The Kier molecular flexibility index (Phi) is 6.86. The van der Waals surface area contributed by atoms with Crippen molar-refractivity contribution in [3.8, 4) is 0 Å². The molecule has 0 bridgehead atoms. The van der Waals surface area contributed by atoms with Gasteiger partial charge < -0.3 is 19.3 Å². The number of fused-ring (bicyclic) bond motifs is 1. The van der Waals surface area contributed by atoms with Crippen LogP contribution >= 0.6 is 0 Å². The van der Waals surface area contributed by atoms with Gasteiger partial charge in [-0.15, -0.1) is 0 Å². The fourth-order valence-corrected chi connectivity index (χ4v) is 3.87. The fourth-order valence-electron chi connectivity index (χ4n) is 3.87. The highest BCUT2D eigenvalue weighted by Gasteiger charge is 2.43. The van der Waals surface area contributed by atoms with E-state index in [0.717, 1.165) is 18.5 Å². The van der Waals surface area contributed by atoms with Crippen LogP contribution in [0.25, 0.3) is 0 Å². The maximum Gasteiger partial charge on any atom is 0.490 e. The minimum absolute atomic E-state index is 0.0537. The van der Waals surface area contributed by atoms with Gasteiger partial charge in [0.05, 0.1) is 11.8 Å². The van der Waals surface area contributed by atoms with Crippen molar-refractivity contribution in [3.63, 3.8) is 0 Å². The molecule has 2 saturated heterocycles. The second-order valence-electron chi connectivity index (χ2n) is 7.67. The molecule has 176 valence electrons. The molecule has 0 aromatic carbocycles.